The van der Waals surface area contributed by atoms with Crippen molar-refractivity contribution in [2.45, 2.75) is 68.7 Å². The third-order valence-electron chi connectivity index (χ3n) is 5.87. The smallest absolute Gasteiger partial charge is 0.207 e. The van der Waals surface area contributed by atoms with Gasteiger partial charge < -0.3 is 0 Å². The molecule has 4 rings (SSSR count). The lowest BCUT2D eigenvalue weighted by Gasteiger charge is -2.43. The van der Waals surface area contributed by atoms with Crippen LogP contribution in [0.25, 0.3) is 0 Å². The third kappa shape index (κ3) is 2.41. The molecule has 1 saturated carbocycles. The van der Waals surface area contributed by atoms with Crippen molar-refractivity contribution in [3.8, 4) is 0 Å². The molecule has 22 heavy (non-hydrogen) atoms. The van der Waals surface area contributed by atoms with E-state index in [2.05, 4.69) is 0 Å². The zero-order valence-electron chi connectivity index (χ0n) is 13.1. The van der Waals surface area contributed by atoms with E-state index in [-0.39, 0.29) is 6.04 Å². The van der Waals surface area contributed by atoms with Crippen LogP contribution in [-0.2, 0) is 22.9 Å². The molecule has 120 valence electrons. The van der Waals surface area contributed by atoms with Gasteiger partial charge in [-0.3, -0.25) is 0 Å². The normalized spacial score (nSPS) is 29.1. The van der Waals surface area contributed by atoms with Crippen LogP contribution in [0.2, 0.25) is 0 Å². The van der Waals surface area contributed by atoms with Crippen molar-refractivity contribution in [2.24, 2.45) is 5.92 Å². The minimum Gasteiger partial charge on any atom is -0.207 e. The summed E-state index contributed by atoms with van der Waals surface area (Å²) in [5.74, 6) is 0.590. The van der Waals surface area contributed by atoms with Gasteiger partial charge in [0.2, 0.25) is 10.0 Å². The molecular formula is C18H25NO2S. The van der Waals surface area contributed by atoms with Gasteiger partial charge in [-0.15, -0.1) is 0 Å². The van der Waals surface area contributed by atoms with Gasteiger partial charge in [0.15, 0.2) is 0 Å². The number of nitrogens with zero attached hydrogens (tertiary/aromatic N) is 1. The Morgan fingerprint density at radius 1 is 0.909 bits per heavy atom. The van der Waals surface area contributed by atoms with Crippen molar-refractivity contribution in [1.82, 2.24) is 4.31 Å². The predicted molar refractivity (Wildman–Crippen MR) is 87.3 cm³/mol. The molecule has 1 saturated heterocycles. The Hall–Kier alpha value is -0.870. The molecule has 2 aliphatic carbocycles. The highest BCUT2D eigenvalue weighted by molar-refractivity contribution is 7.89. The number of benzene rings is 1. The number of fused-ring (bicyclic) bond motifs is 2. The number of rotatable bonds is 2. The lowest BCUT2D eigenvalue weighted by atomic mass is 9.79. The summed E-state index contributed by atoms with van der Waals surface area (Å²) in [6.45, 7) is 0.709. The predicted octanol–water partition coefficient (Wildman–Crippen LogP) is 3.52. The van der Waals surface area contributed by atoms with Crippen LogP contribution in [0.3, 0.4) is 0 Å². The van der Waals surface area contributed by atoms with Gasteiger partial charge in [-0.2, -0.15) is 4.31 Å². The van der Waals surface area contributed by atoms with E-state index >= 15 is 0 Å². The molecule has 2 atom stereocenters. The van der Waals surface area contributed by atoms with E-state index in [0.717, 1.165) is 32.1 Å². The molecule has 3 nitrogen and oxygen atoms in total. The fourth-order valence-electron chi connectivity index (χ4n) is 4.72. The van der Waals surface area contributed by atoms with Crippen LogP contribution < -0.4 is 0 Å². The average molecular weight is 319 g/mol. The molecule has 1 heterocycles. The van der Waals surface area contributed by atoms with E-state index in [0.29, 0.717) is 17.4 Å². The van der Waals surface area contributed by atoms with E-state index < -0.39 is 10.0 Å². The van der Waals surface area contributed by atoms with Gasteiger partial charge in [0.25, 0.3) is 0 Å². The van der Waals surface area contributed by atoms with Crippen molar-refractivity contribution in [2.75, 3.05) is 6.54 Å². The second-order valence-corrected chi connectivity index (χ2v) is 9.04. The van der Waals surface area contributed by atoms with Gasteiger partial charge in [-0.05, 0) is 74.1 Å². The van der Waals surface area contributed by atoms with Crippen LogP contribution in [0.1, 0.15) is 56.1 Å². The lowest BCUT2D eigenvalue weighted by Crippen LogP contribution is -2.49. The highest BCUT2D eigenvalue weighted by Crippen LogP contribution is 2.38. The molecule has 2 fully saturated rings. The first-order valence-electron chi connectivity index (χ1n) is 8.80. The Labute approximate surface area is 133 Å². The molecular weight excluding hydrogens is 294 g/mol. The topological polar surface area (TPSA) is 37.4 Å². The summed E-state index contributed by atoms with van der Waals surface area (Å²) in [4.78, 5) is 0.527. The Morgan fingerprint density at radius 3 is 2.59 bits per heavy atom. The number of aryl methyl sites for hydroxylation is 2. The van der Waals surface area contributed by atoms with Crippen LogP contribution in [-0.4, -0.2) is 25.3 Å². The largest absolute Gasteiger partial charge is 0.243 e. The summed E-state index contributed by atoms with van der Waals surface area (Å²) in [6.07, 6.45) is 10.2. The summed E-state index contributed by atoms with van der Waals surface area (Å²) in [7, 11) is -3.32. The van der Waals surface area contributed by atoms with Gasteiger partial charge >= 0.3 is 0 Å². The summed E-state index contributed by atoms with van der Waals surface area (Å²) in [5, 5.41) is 0. The van der Waals surface area contributed by atoms with Crippen molar-refractivity contribution >= 4 is 10.0 Å². The average Bonchev–Trinajstić information content (AvgIpc) is 3.02. The monoisotopic (exact) mass is 319 g/mol. The van der Waals surface area contributed by atoms with Crippen LogP contribution in [0.15, 0.2) is 23.1 Å². The second-order valence-electron chi connectivity index (χ2n) is 7.15. The molecule has 4 heteroatoms. The van der Waals surface area contributed by atoms with E-state index in [1.807, 2.05) is 22.5 Å². The first kappa shape index (κ1) is 14.7. The number of sulfonamides is 1. The third-order valence-corrected chi connectivity index (χ3v) is 7.79. The van der Waals surface area contributed by atoms with E-state index in [1.165, 1.54) is 36.8 Å². The second kappa shape index (κ2) is 5.64. The lowest BCUT2D eigenvalue weighted by molar-refractivity contribution is 0.129. The summed E-state index contributed by atoms with van der Waals surface area (Å²) in [6, 6.07) is 6.08. The van der Waals surface area contributed by atoms with Gasteiger partial charge in [0, 0.05) is 12.6 Å². The first-order chi connectivity index (χ1) is 10.7. The molecule has 0 aromatic heterocycles. The number of hydrogen-bond donors (Lipinski definition) is 0. The Kier molecular flexibility index (Phi) is 3.77. The van der Waals surface area contributed by atoms with Crippen molar-refractivity contribution in [3.63, 3.8) is 0 Å². The molecule has 3 aliphatic rings. The highest BCUT2D eigenvalue weighted by atomic mass is 32.2. The van der Waals surface area contributed by atoms with Crippen molar-refractivity contribution in [3.05, 3.63) is 29.3 Å². The van der Waals surface area contributed by atoms with Gasteiger partial charge in [-0.1, -0.05) is 18.9 Å². The summed E-state index contributed by atoms with van der Waals surface area (Å²) in [5.41, 5.74) is 2.59. The minimum atomic E-state index is -3.32. The van der Waals surface area contributed by atoms with Crippen LogP contribution >= 0.6 is 0 Å². The van der Waals surface area contributed by atoms with Gasteiger partial charge in [-0.25, -0.2) is 8.42 Å². The first-order valence-corrected chi connectivity index (χ1v) is 10.2. The SMILES string of the molecule is O=S(=O)(c1ccc2c(c1)CCC2)N1CCCC2CCCCC21. The molecule has 0 spiro atoms. The highest BCUT2D eigenvalue weighted by Gasteiger charge is 2.40. The molecule has 1 aromatic carbocycles. The molecule has 0 N–H and O–H groups in total. The maximum absolute atomic E-state index is 13.2. The maximum atomic E-state index is 13.2. The van der Waals surface area contributed by atoms with Crippen LogP contribution in [0.5, 0.6) is 0 Å². The fraction of sp³-hybridized carbons (Fsp3) is 0.667. The van der Waals surface area contributed by atoms with Crippen LogP contribution in [0, 0.1) is 5.92 Å². The Bertz CT molecular complexity index is 666. The summed E-state index contributed by atoms with van der Waals surface area (Å²) >= 11 is 0. The molecule has 0 radical (unpaired) electrons. The zero-order valence-corrected chi connectivity index (χ0v) is 13.9. The van der Waals surface area contributed by atoms with E-state index in [4.69, 9.17) is 0 Å². The molecule has 0 amide bonds. The standard InChI is InChI=1S/C18H25NO2S/c20-22(21,17-11-10-14-6-3-7-16(14)13-17)19-12-4-8-15-5-1-2-9-18(15)19/h10-11,13,15,18H,1-9,12H2. The minimum absolute atomic E-state index is 0.251. The quantitative estimate of drug-likeness (QED) is 0.836. The Balaban J connectivity index is 1.67. The van der Waals surface area contributed by atoms with Crippen molar-refractivity contribution < 1.29 is 8.42 Å². The number of piperidine rings is 1. The molecule has 0 bridgehead atoms. The van der Waals surface area contributed by atoms with Gasteiger partial charge in [0.1, 0.15) is 0 Å². The molecule has 2 unspecified atom stereocenters. The number of hydrogen-bond acceptors (Lipinski definition) is 2. The molecule has 1 aromatic rings. The molecule has 1 aliphatic heterocycles. The zero-order chi connectivity index (χ0) is 15.2. The van der Waals surface area contributed by atoms with Crippen molar-refractivity contribution in [1.29, 1.82) is 0 Å². The summed E-state index contributed by atoms with van der Waals surface area (Å²) < 4.78 is 28.2. The Morgan fingerprint density at radius 2 is 1.68 bits per heavy atom. The van der Waals surface area contributed by atoms with Crippen LogP contribution in [0.4, 0.5) is 0 Å². The van der Waals surface area contributed by atoms with Gasteiger partial charge in [0.05, 0.1) is 4.90 Å². The maximum Gasteiger partial charge on any atom is 0.243 e. The van der Waals surface area contributed by atoms with E-state index in [1.54, 1.807) is 0 Å². The van der Waals surface area contributed by atoms with E-state index in [9.17, 15) is 8.42 Å². The fourth-order valence-corrected chi connectivity index (χ4v) is 6.53.